The van der Waals surface area contributed by atoms with Crippen LogP contribution in [0.4, 0.5) is 0 Å². The average Bonchev–Trinajstić information content (AvgIpc) is 2.43. The lowest BCUT2D eigenvalue weighted by atomic mass is 10.1. The molecule has 0 spiro atoms. The molecular formula is C13H12N2O3. The maximum absolute atomic E-state index is 8.71. The summed E-state index contributed by atoms with van der Waals surface area (Å²) >= 11 is 0. The van der Waals surface area contributed by atoms with Crippen molar-refractivity contribution in [1.82, 2.24) is 0 Å². The molecule has 1 aromatic carbocycles. The van der Waals surface area contributed by atoms with Crippen LogP contribution in [0.3, 0.4) is 0 Å². The molecule has 0 radical (unpaired) electrons. The Morgan fingerprint density at radius 3 is 1.83 bits per heavy atom. The Labute approximate surface area is 105 Å². The SMILES string of the molecule is COc1cc(C=C(C#N)C#N)cc(OC)c1OC. The average molecular weight is 244 g/mol. The van der Waals surface area contributed by atoms with Gasteiger partial charge >= 0.3 is 0 Å². The van der Waals surface area contributed by atoms with Crippen molar-refractivity contribution in [2.45, 2.75) is 0 Å². The van der Waals surface area contributed by atoms with Crippen LogP contribution < -0.4 is 14.2 Å². The van der Waals surface area contributed by atoms with Crippen molar-refractivity contribution in [3.8, 4) is 29.4 Å². The van der Waals surface area contributed by atoms with E-state index >= 15 is 0 Å². The molecule has 0 amide bonds. The highest BCUT2D eigenvalue weighted by Gasteiger charge is 2.12. The Balaban J connectivity index is 3.38. The highest BCUT2D eigenvalue weighted by Crippen LogP contribution is 2.38. The fourth-order valence-corrected chi connectivity index (χ4v) is 1.44. The van der Waals surface area contributed by atoms with E-state index in [0.29, 0.717) is 22.8 Å². The number of hydrogen-bond donors (Lipinski definition) is 0. The summed E-state index contributed by atoms with van der Waals surface area (Å²) in [6.45, 7) is 0. The van der Waals surface area contributed by atoms with E-state index in [1.165, 1.54) is 27.4 Å². The smallest absolute Gasteiger partial charge is 0.203 e. The van der Waals surface area contributed by atoms with Crippen LogP contribution in [-0.2, 0) is 0 Å². The van der Waals surface area contributed by atoms with Gasteiger partial charge in [0.15, 0.2) is 11.5 Å². The predicted octanol–water partition coefficient (Wildman–Crippen LogP) is 2.14. The standard InChI is InChI=1S/C13H12N2O3/c1-16-11-5-9(4-10(7-14)8-15)6-12(17-2)13(11)18-3/h4-6H,1-3H3. The number of benzene rings is 1. The Bertz CT molecular complexity index is 509. The molecule has 0 aromatic heterocycles. The summed E-state index contributed by atoms with van der Waals surface area (Å²) in [6, 6.07) is 6.91. The molecule has 92 valence electrons. The van der Waals surface area contributed by atoms with Gasteiger partial charge in [-0.3, -0.25) is 0 Å². The lowest BCUT2D eigenvalue weighted by Gasteiger charge is -2.12. The summed E-state index contributed by atoms with van der Waals surface area (Å²) in [6.07, 6.45) is 1.45. The first kappa shape index (κ1) is 13.4. The lowest BCUT2D eigenvalue weighted by molar-refractivity contribution is 0.324. The van der Waals surface area contributed by atoms with Gasteiger partial charge in [-0.25, -0.2) is 0 Å². The topological polar surface area (TPSA) is 75.3 Å². The van der Waals surface area contributed by atoms with Crippen LogP contribution in [-0.4, -0.2) is 21.3 Å². The summed E-state index contributed by atoms with van der Waals surface area (Å²) in [5.41, 5.74) is 0.631. The Hall–Kier alpha value is -2.66. The van der Waals surface area contributed by atoms with Gasteiger partial charge in [0.25, 0.3) is 0 Å². The minimum absolute atomic E-state index is 0.00396. The van der Waals surface area contributed by atoms with Crippen LogP contribution in [0.5, 0.6) is 17.2 Å². The van der Waals surface area contributed by atoms with Crippen molar-refractivity contribution < 1.29 is 14.2 Å². The van der Waals surface area contributed by atoms with Crippen molar-refractivity contribution >= 4 is 6.08 Å². The Morgan fingerprint density at radius 1 is 1.00 bits per heavy atom. The van der Waals surface area contributed by atoms with Gasteiger partial charge in [0.05, 0.1) is 21.3 Å². The molecule has 0 aliphatic rings. The zero-order valence-electron chi connectivity index (χ0n) is 10.4. The van der Waals surface area contributed by atoms with Gasteiger partial charge < -0.3 is 14.2 Å². The van der Waals surface area contributed by atoms with E-state index in [0.717, 1.165) is 0 Å². The van der Waals surface area contributed by atoms with E-state index < -0.39 is 0 Å². The summed E-state index contributed by atoms with van der Waals surface area (Å²) in [7, 11) is 4.51. The molecule has 0 heterocycles. The first-order valence-corrected chi connectivity index (χ1v) is 5.02. The van der Waals surface area contributed by atoms with Crippen molar-refractivity contribution in [2.24, 2.45) is 0 Å². The van der Waals surface area contributed by atoms with E-state index in [1.807, 2.05) is 0 Å². The van der Waals surface area contributed by atoms with Gasteiger partial charge in [-0.1, -0.05) is 0 Å². The first-order chi connectivity index (χ1) is 8.69. The normalized spacial score (nSPS) is 8.72. The molecule has 5 nitrogen and oxygen atoms in total. The van der Waals surface area contributed by atoms with Crippen LogP contribution >= 0.6 is 0 Å². The monoisotopic (exact) mass is 244 g/mol. The first-order valence-electron chi connectivity index (χ1n) is 5.02. The second kappa shape index (κ2) is 6.17. The summed E-state index contributed by atoms with van der Waals surface area (Å²) in [4.78, 5) is 0. The van der Waals surface area contributed by atoms with Gasteiger partial charge in [-0.05, 0) is 23.8 Å². The second-order valence-electron chi connectivity index (χ2n) is 3.24. The summed E-state index contributed by atoms with van der Waals surface area (Å²) < 4.78 is 15.5. The fraction of sp³-hybridized carbons (Fsp3) is 0.231. The van der Waals surface area contributed by atoms with Crippen molar-refractivity contribution in [3.63, 3.8) is 0 Å². The summed E-state index contributed by atoms with van der Waals surface area (Å²) in [5.74, 6) is 1.41. The molecule has 1 rings (SSSR count). The highest BCUT2D eigenvalue weighted by atomic mass is 16.5. The number of nitrogens with zero attached hydrogens (tertiary/aromatic N) is 2. The van der Waals surface area contributed by atoms with Crippen molar-refractivity contribution in [3.05, 3.63) is 23.3 Å². The molecule has 0 N–H and O–H groups in total. The third kappa shape index (κ3) is 2.72. The van der Waals surface area contributed by atoms with Gasteiger partial charge in [-0.15, -0.1) is 0 Å². The quantitative estimate of drug-likeness (QED) is 0.758. The summed E-state index contributed by atoms with van der Waals surface area (Å²) in [5, 5.41) is 17.4. The third-order valence-corrected chi connectivity index (χ3v) is 2.24. The molecule has 1 aromatic rings. The lowest BCUT2D eigenvalue weighted by Crippen LogP contribution is -1.95. The van der Waals surface area contributed by atoms with Crippen molar-refractivity contribution in [1.29, 1.82) is 10.5 Å². The number of rotatable bonds is 4. The zero-order valence-corrected chi connectivity index (χ0v) is 10.4. The third-order valence-electron chi connectivity index (χ3n) is 2.24. The van der Waals surface area contributed by atoms with Gasteiger partial charge in [-0.2, -0.15) is 10.5 Å². The minimum Gasteiger partial charge on any atom is -0.493 e. The van der Waals surface area contributed by atoms with Gasteiger partial charge in [0.1, 0.15) is 17.7 Å². The molecule has 0 aliphatic carbocycles. The molecule has 18 heavy (non-hydrogen) atoms. The Morgan fingerprint density at radius 2 is 1.50 bits per heavy atom. The molecule has 0 saturated carbocycles. The largest absolute Gasteiger partial charge is 0.493 e. The van der Waals surface area contributed by atoms with Crippen LogP contribution in [0.2, 0.25) is 0 Å². The van der Waals surface area contributed by atoms with Crippen molar-refractivity contribution in [2.75, 3.05) is 21.3 Å². The molecular weight excluding hydrogens is 232 g/mol. The van der Waals surface area contributed by atoms with Crippen LogP contribution in [0.15, 0.2) is 17.7 Å². The second-order valence-corrected chi connectivity index (χ2v) is 3.24. The molecule has 0 saturated heterocycles. The van der Waals surface area contributed by atoms with E-state index in [1.54, 1.807) is 24.3 Å². The van der Waals surface area contributed by atoms with Crippen LogP contribution in [0.1, 0.15) is 5.56 Å². The van der Waals surface area contributed by atoms with E-state index in [2.05, 4.69) is 0 Å². The zero-order chi connectivity index (χ0) is 13.5. The van der Waals surface area contributed by atoms with Gasteiger partial charge in [0.2, 0.25) is 5.75 Å². The minimum atomic E-state index is 0.00396. The highest BCUT2D eigenvalue weighted by molar-refractivity contribution is 5.67. The number of methoxy groups -OCH3 is 3. The van der Waals surface area contributed by atoms with E-state index in [-0.39, 0.29) is 5.57 Å². The van der Waals surface area contributed by atoms with E-state index in [4.69, 9.17) is 24.7 Å². The van der Waals surface area contributed by atoms with Crippen LogP contribution in [0, 0.1) is 22.7 Å². The molecule has 5 heteroatoms. The van der Waals surface area contributed by atoms with Crippen LogP contribution in [0.25, 0.3) is 6.08 Å². The maximum Gasteiger partial charge on any atom is 0.203 e. The Kier molecular flexibility index (Phi) is 4.59. The number of ether oxygens (including phenoxy) is 3. The molecule has 0 aliphatic heterocycles. The number of hydrogen-bond acceptors (Lipinski definition) is 5. The fourth-order valence-electron chi connectivity index (χ4n) is 1.44. The maximum atomic E-state index is 8.71. The predicted molar refractivity (Wildman–Crippen MR) is 65.3 cm³/mol. The number of nitriles is 2. The number of allylic oxidation sites excluding steroid dienone is 1. The van der Waals surface area contributed by atoms with Gasteiger partial charge in [0, 0.05) is 0 Å². The molecule has 0 atom stereocenters. The van der Waals surface area contributed by atoms with E-state index in [9.17, 15) is 0 Å². The molecule has 0 fully saturated rings. The molecule has 0 unspecified atom stereocenters. The molecule has 0 bridgehead atoms.